The first kappa shape index (κ1) is 13.2. The Kier molecular flexibility index (Phi) is 3.87. The molecule has 0 aliphatic rings. The van der Waals surface area contributed by atoms with E-state index in [1.807, 2.05) is 24.3 Å². The zero-order chi connectivity index (χ0) is 13.8. The summed E-state index contributed by atoms with van der Waals surface area (Å²) in [6.45, 7) is 0. The lowest BCUT2D eigenvalue weighted by molar-refractivity contribution is 0.415. The van der Waals surface area contributed by atoms with Crippen LogP contribution in [0.5, 0.6) is 17.2 Å². The lowest BCUT2D eigenvalue weighted by atomic mass is 10.2. The monoisotopic (exact) mass is 275 g/mol. The quantitative estimate of drug-likeness (QED) is 0.752. The third-order valence-corrected chi connectivity index (χ3v) is 2.90. The van der Waals surface area contributed by atoms with Crippen LogP contribution in [0.15, 0.2) is 42.5 Å². The van der Waals surface area contributed by atoms with E-state index in [4.69, 9.17) is 17.0 Å². The van der Waals surface area contributed by atoms with Crippen molar-refractivity contribution in [3.8, 4) is 17.2 Å². The molecule has 0 fully saturated rings. The van der Waals surface area contributed by atoms with Gasteiger partial charge in [-0.2, -0.15) is 0 Å². The van der Waals surface area contributed by atoms with Crippen LogP contribution in [0.2, 0.25) is 0 Å². The maximum absolute atomic E-state index is 9.71. The zero-order valence-electron chi connectivity index (χ0n) is 10.3. The summed E-state index contributed by atoms with van der Waals surface area (Å²) in [5.41, 5.74) is 1.25. The number of aromatic hydroxyl groups is 2. The summed E-state index contributed by atoms with van der Waals surface area (Å²) in [7, 11) is 1.60. The first-order valence-electron chi connectivity index (χ1n) is 5.57. The molecule has 2 aromatic rings. The fourth-order valence-corrected chi connectivity index (χ4v) is 1.88. The second-order valence-electron chi connectivity index (χ2n) is 3.88. The molecule has 4 nitrogen and oxygen atoms in total. The average molecular weight is 275 g/mol. The maximum Gasteiger partial charge on any atom is 0.129 e. The van der Waals surface area contributed by atoms with Crippen molar-refractivity contribution in [1.29, 1.82) is 0 Å². The van der Waals surface area contributed by atoms with Crippen LogP contribution >= 0.6 is 12.2 Å². The Balaban J connectivity index is 2.15. The molecule has 0 radical (unpaired) electrons. The number of thiocarbonyl (C=S) groups is 1. The van der Waals surface area contributed by atoms with E-state index in [0.717, 1.165) is 11.4 Å². The van der Waals surface area contributed by atoms with Gasteiger partial charge in [-0.15, -0.1) is 0 Å². The molecule has 0 heterocycles. The molecule has 0 aliphatic carbocycles. The van der Waals surface area contributed by atoms with Crippen LogP contribution in [-0.2, 0) is 0 Å². The molecule has 0 saturated heterocycles. The van der Waals surface area contributed by atoms with E-state index in [1.54, 1.807) is 13.2 Å². The molecule has 19 heavy (non-hydrogen) atoms. The highest BCUT2D eigenvalue weighted by Gasteiger charge is 2.08. The van der Waals surface area contributed by atoms with E-state index in [-0.39, 0.29) is 11.5 Å². The Bertz CT molecular complexity index is 596. The van der Waals surface area contributed by atoms with Gasteiger partial charge in [0.25, 0.3) is 0 Å². The van der Waals surface area contributed by atoms with Crippen LogP contribution < -0.4 is 10.1 Å². The van der Waals surface area contributed by atoms with Crippen molar-refractivity contribution in [2.75, 3.05) is 12.4 Å². The number of anilines is 1. The molecule has 0 atom stereocenters. The van der Waals surface area contributed by atoms with E-state index in [1.165, 1.54) is 12.1 Å². The van der Waals surface area contributed by atoms with Crippen LogP contribution in [-0.4, -0.2) is 22.3 Å². The van der Waals surface area contributed by atoms with Crippen molar-refractivity contribution >= 4 is 22.9 Å². The van der Waals surface area contributed by atoms with Crippen molar-refractivity contribution in [3.05, 3.63) is 48.0 Å². The molecule has 0 bridgehead atoms. The first-order chi connectivity index (χ1) is 9.10. The van der Waals surface area contributed by atoms with Gasteiger partial charge in [0.2, 0.25) is 0 Å². The van der Waals surface area contributed by atoms with Crippen molar-refractivity contribution in [2.45, 2.75) is 0 Å². The predicted octanol–water partition coefficient (Wildman–Crippen LogP) is 2.89. The molecule has 0 unspecified atom stereocenters. The molecule has 0 aliphatic heterocycles. The van der Waals surface area contributed by atoms with Crippen molar-refractivity contribution in [2.24, 2.45) is 0 Å². The predicted molar refractivity (Wildman–Crippen MR) is 78.1 cm³/mol. The van der Waals surface area contributed by atoms with Crippen LogP contribution in [0.25, 0.3) is 0 Å². The molecule has 5 heteroatoms. The molecule has 98 valence electrons. The molecular weight excluding hydrogens is 262 g/mol. The third kappa shape index (κ3) is 3.14. The van der Waals surface area contributed by atoms with Crippen molar-refractivity contribution < 1.29 is 14.9 Å². The smallest absolute Gasteiger partial charge is 0.129 e. The maximum atomic E-state index is 9.71. The fraction of sp³-hybridized carbons (Fsp3) is 0.0714. The lowest BCUT2D eigenvalue weighted by Gasteiger charge is -2.10. The first-order valence-corrected chi connectivity index (χ1v) is 5.98. The van der Waals surface area contributed by atoms with E-state index >= 15 is 0 Å². The lowest BCUT2D eigenvalue weighted by Crippen LogP contribution is -2.10. The normalized spacial score (nSPS) is 9.95. The minimum Gasteiger partial charge on any atom is -0.508 e. The van der Waals surface area contributed by atoms with Crippen molar-refractivity contribution in [3.63, 3.8) is 0 Å². The summed E-state index contributed by atoms with van der Waals surface area (Å²) in [5.74, 6) is 0.684. The summed E-state index contributed by atoms with van der Waals surface area (Å²) in [6, 6.07) is 11.5. The number of rotatable bonds is 3. The Morgan fingerprint density at radius 1 is 1.11 bits per heavy atom. The minimum absolute atomic E-state index is 0.00602. The van der Waals surface area contributed by atoms with Gasteiger partial charge in [-0.3, -0.25) is 0 Å². The molecule has 0 spiro atoms. The number of phenolic OH excluding ortho intramolecular Hbond substituents is 2. The Hall–Kier alpha value is -2.27. The Morgan fingerprint density at radius 2 is 1.79 bits per heavy atom. The number of methoxy groups -OCH3 is 1. The van der Waals surface area contributed by atoms with Gasteiger partial charge in [0.05, 0.1) is 12.7 Å². The summed E-state index contributed by atoms with van der Waals surface area (Å²) >= 11 is 5.21. The molecule has 0 aromatic heterocycles. The number of hydrogen-bond acceptors (Lipinski definition) is 4. The molecule has 3 N–H and O–H groups in total. The standard InChI is InChI=1S/C14H13NO3S/c1-18-11-5-2-9(3-6-11)15-14(19)12-7-4-10(16)8-13(12)17/h2-8,16-17H,1H3,(H,15,19). The van der Waals surface area contributed by atoms with Crippen LogP contribution in [0.1, 0.15) is 5.56 Å². The summed E-state index contributed by atoms with van der Waals surface area (Å²) in [6.07, 6.45) is 0. The number of nitrogens with one attached hydrogen (secondary N) is 1. The second-order valence-corrected chi connectivity index (χ2v) is 4.29. The topological polar surface area (TPSA) is 61.7 Å². The van der Waals surface area contributed by atoms with E-state index in [0.29, 0.717) is 10.6 Å². The van der Waals surface area contributed by atoms with E-state index in [9.17, 15) is 10.2 Å². The highest BCUT2D eigenvalue weighted by atomic mass is 32.1. The van der Waals surface area contributed by atoms with E-state index in [2.05, 4.69) is 5.32 Å². The number of phenols is 2. The third-order valence-electron chi connectivity index (χ3n) is 2.57. The van der Waals surface area contributed by atoms with Gasteiger partial charge in [-0.1, -0.05) is 12.2 Å². The zero-order valence-corrected chi connectivity index (χ0v) is 11.1. The number of ether oxygens (including phenoxy) is 1. The summed E-state index contributed by atoms with van der Waals surface area (Å²) in [5, 5.41) is 21.9. The molecular formula is C14H13NO3S. The van der Waals surface area contributed by atoms with Gasteiger partial charge in [0.1, 0.15) is 22.2 Å². The Labute approximate surface area is 116 Å². The number of benzene rings is 2. The van der Waals surface area contributed by atoms with Crippen LogP contribution in [0, 0.1) is 0 Å². The van der Waals surface area contributed by atoms with Gasteiger partial charge >= 0.3 is 0 Å². The van der Waals surface area contributed by atoms with Gasteiger partial charge in [0.15, 0.2) is 0 Å². The fourth-order valence-electron chi connectivity index (χ4n) is 1.58. The number of hydrogen-bond donors (Lipinski definition) is 3. The largest absolute Gasteiger partial charge is 0.508 e. The van der Waals surface area contributed by atoms with Crippen LogP contribution in [0.4, 0.5) is 5.69 Å². The minimum atomic E-state index is -0.0639. The van der Waals surface area contributed by atoms with Gasteiger partial charge < -0.3 is 20.3 Å². The average Bonchev–Trinajstić information content (AvgIpc) is 2.39. The second kappa shape index (κ2) is 5.58. The van der Waals surface area contributed by atoms with Crippen LogP contribution in [0.3, 0.4) is 0 Å². The Morgan fingerprint density at radius 3 is 2.37 bits per heavy atom. The highest BCUT2D eigenvalue weighted by Crippen LogP contribution is 2.24. The van der Waals surface area contributed by atoms with E-state index < -0.39 is 0 Å². The van der Waals surface area contributed by atoms with Crippen molar-refractivity contribution in [1.82, 2.24) is 0 Å². The highest BCUT2D eigenvalue weighted by molar-refractivity contribution is 7.81. The molecule has 0 saturated carbocycles. The molecule has 2 rings (SSSR count). The SMILES string of the molecule is COc1ccc(NC(=S)c2ccc(O)cc2O)cc1. The van der Waals surface area contributed by atoms with Gasteiger partial charge in [-0.05, 0) is 36.4 Å². The molecule has 0 amide bonds. The summed E-state index contributed by atoms with van der Waals surface area (Å²) in [4.78, 5) is 0.377. The summed E-state index contributed by atoms with van der Waals surface area (Å²) < 4.78 is 5.06. The van der Waals surface area contributed by atoms with Gasteiger partial charge in [-0.25, -0.2) is 0 Å². The van der Waals surface area contributed by atoms with Gasteiger partial charge in [0, 0.05) is 11.8 Å². The molecule has 2 aromatic carbocycles.